The third-order valence-corrected chi connectivity index (χ3v) is 5.30. The average Bonchev–Trinajstić information content (AvgIpc) is 2.98. The first kappa shape index (κ1) is 15.9. The van der Waals surface area contributed by atoms with Crippen molar-refractivity contribution in [2.75, 3.05) is 13.2 Å². The van der Waals surface area contributed by atoms with Gasteiger partial charge in [0.1, 0.15) is 10.6 Å². The molecule has 0 radical (unpaired) electrons. The van der Waals surface area contributed by atoms with Gasteiger partial charge >= 0.3 is 0 Å². The lowest BCUT2D eigenvalue weighted by Gasteiger charge is -2.26. The fraction of sp³-hybridized carbons (Fsp3) is 0.812. The highest BCUT2D eigenvalue weighted by molar-refractivity contribution is 7.11. The van der Waals surface area contributed by atoms with Crippen LogP contribution in [0.3, 0.4) is 0 Å². The Hall–Kier alpha value is -0.450. The van der Waals surface area contributed by atoms with Crippen LogP contribution in [0.4, 0.5) is 0 Å². The summed E-state index contributed by atoms with van der Waals surface area (Å²) in [5, 5.41) is 4.72. The van der Waals surface area contributed by atoms with Gasteiger partial charge in [-0.2, -0.15) is 0 Å². The van der Waals surface area contributed by atoms with Gasteiger partial charge in [-0.1, -0.05) is 26.7 Å². The Morgan fingerprint density at radius 2 is 2.05 bits per heavy atom. The minimum absolute atomic E-state index is 0.0829. The number of ether oxygens (including phenoxy) is 1. The molecule has 0 amide bonds. The maximum Gasteiger partial charge on any atom is 0.125 e. The van der Waals surface area contributed by atoms with E-state index in [2.05, 4.69) is 33.0 Å². The van der Waals surface area contributed by atoms with Crippen LogP contribution in [-0.2, 0) is 16.9 Å². The summed E-state index contributed by atoms with van der Waals surface area (Å²) in [5.74, 6) is 0.687. The van der Waals surface area contributed by atoms with Crippen molar-refractivity contribution in [1.29, 1.82) is 0 Å². The molecule has 1 fully saturated rings. The zero-order chi connectivity index (χ0) is 14.6. The van der Waals surface area contributed by atoms with Crippen molar-refractivity contribution in [3.63, 3.8) is 0 Å². The van der Waals surface area contributed by atoms with Crippen LogP contribution < -0.4 is 5.32 Å². The highest BCUT2D eigenvalue weighted by Gasteiger charge is 2.39. The second kappa shape index (κ2) is 7.01. The highest BCUT2D eigenvalue weighted by atomic mass is 32.1. The van der Waals surface area contributed by atoms with Gasteiger partial charge < -0.3 is 10.1 Å². The molecular formula is C16H28N2OS. The van der Waals surface area contributed by atoms with E-state index in [1.54, 1.807) is 0 Å². The van der Waals surface area contributed by atoms with Gasteiger partial charge in [0, 0.05) is 18.0 Å². The number of thiazole rings is 1. The largest absolute Gasteiger partial charge is 0.368 e. The molecule has 0 saturated heterocycles. The number of rotatable bonds is 7. The van der Waals surface area contributed by atoms with E-state index in [1.807, 2.05) is 11.3 Å². The van der Waals surface area contributed by atoms with Crippen LogP contribution in [0.25, 0.3) is 0 Å². The van der Waals surface area contributed by atoms with E-state index >= 15 is 0 Å². The summed E-state index contributed by atoms with van der Waals surface area (Å²) in [6.45, 7) is 11.5. The summed E-state index contributed by atoms with van der Waals surface area (Å²) < 4.78 is 6.12. The molecular weight excluding hydrogens is 268 g/mol. The molecule has 2 rings (SSSR count). The van der Waals surface area contributed by atoms with Crippen LogP contribution >= 0.6 is 11.3 Å². The molecule has 4 heteroatoms. The van der Waals surface area contributed by atoms with Crippen molar-refractivity contribution in [3.05, 3.63) is 15.6 Å². The first-order valence-corrected chi connectivity index (χ1v) is 8.70. The predicted molar refractivity (Wildman–Crippen MR) is 85.2 cm³/mol. The lowest BCUT2D eigenvalue weighted by Crippen LogP contribution is -2.25. The Balaban J connectivity index is 2.09. The van der Waals surface area contributed by atoms with E-state index in [-0.39, 0.29) is 5.60 Å². The molecule has 1 aromatic heterocycles. The van der Waals surface area contributed by atoms with Gasteiger partial charge in [0.05, 0.1) is 5.69 Å². The molecule has 0 aliphatic heterocycles. The molecule has 1 aromatic rings. The fourth-order valence-corrected chi connectivity index (χ4v) is 4.14. The Kier molecular flexibility index (Phi) is 5.58. The Labute approximate surface area is 127 Å². The van der Waals surface area contributed by atoms with Crippen LogP contribution in [0.15, 0.2) is 0 Å². The van der Waals surface area contributed by atoms with Crippen molar-refractivity contribution in [1.82, 2.24) is 10.3 Å². The van der Waals surface area contributed by atoms with E-state index < -0.39 is 0 Å². The second-order valence-electron chi connectivity index (χ2n) is 6.19. The summed E-state index contributed by atoms with van der Waals surface area (Å²) in [6, 6.07) is 0. The highest BCUT2D eigenvalue weighted by Crippen LogP contribution is 2.44. The van der Waals surface area contributed by atoms with Gasteiger partial charge in [0.25, 0.3) is 0 Å². The maximum absolute atomic E-state index is 6.12. The van der Waals surface area contributed by atoms with Crippen molar-refractivity contribution in [2.24, 2.45) is 5.92 Å². The van der Waals surface area contributed by atoms with Gasteiger partial charge in [-0.15, -0.1) is 11.3 Å². The monoisotopic (exact) mass is 296 g/mol. The topological polar surface area (TPSA) is 34.1 Å². The molecule has 1 N–H and O–H groups in total. The Morgan fingerprint density at radius 1 is 1.35 bits per heavy atom. The number of aromatic nitrogens is 1. The van der Waals surface area contributed by atoms with Crippen LogP contribution in [0.1, 0.15) is 62.0 Å². The minimum Gasteiger partial charge on any atom is -0.368 e. The Morgan fingerprint density at radius 3 is 2.65 bits per heavy atom. The van der Waals surface area contributed by atoms with Crippen LogP contribution in [-0.4, -0.2) is 18.1 Å². The first-order valence-electron chi connectivity index (χ1n) is 7.89. The molecule has 20 heavy (non-hydrogen) atoms. The van der Waals surface area contributed by atoms with Gasteiger partial charge in [0.15, 0.2) is 0 Å². The number of nitrogens with one attached hydrogen (secondary N) is 1. The lowest BCUT2D eigenvalue weighted by atomic mass is 10.0. The van der Waals surface area contributed by atoms with Gasteiger partial charge in [-0.05, 0) is 39.2 Å². The van der Waals surface area contributed by atoms with E-state index in [1.165, 1.54) is 28.4 Å². The number of hydrogen-bond donors (Lipinski definition) is 1. The SMILES string of the molecule is CCOC1(c2nc(C)c(CNCC(C)C)s2)CCCC1. The number of hydrogen-bond acceptors (Lipinski definition) is 4. The van der Waals surface area contributed by atoms with Gasteiger partial charge in [-0.25, -0.2) is 4.98 Å². The predicted octanol–water partition coefficient (Wildman–Crippen LogP) is 4.00. The second-order valence-corrected chi connectivity index (χ2v) is 7.27. The van der Waals surface area contributed by atoms with Crippen molar-refractivity contribution < 1.29 is 4.74 Å². The summed E-state index contributed by atoms with van der Waals surface area (Å²) in [7, 11) is 0. The summed E-state index contributed by atoms with van der Waals surface area (Å²) in [5.41, 5.74) is 1.09. The van der Waals surface area contributed by atoms with Crippen LogP contribution in [0.2, 0.25) is 0 Å². The standard InChI is InChI=1S/C16H28N2OS/c1-5-19-16(8-6-7-9-16)15-18-13(4)14(20-15)11-17-10-12(2)3/h12,17H,5-11H2,1-4H3. The van der Waals surface area contributed by atoms with Crippen LogP contribution in [0.5, 0.6) is 0 Å². The zero-order valence-corrected chi connectivity index (χ0v) is 14.1. The summed E-state index contributed by atoms with van der Waals surface area (Å²) >= 11 is 1.85. The van der Waals surface area contributed by atoms with Crippen molar-refractivity contribution >= 4 is 11.3 Å². The first-order chi connectivity index (χ1) is 9.57. The van der Waals surface area contributed by atoms with Crippen LogP contribution in [0, 0.1) is 12.8 Å². The maximum atomic E-state index is 6.12. The van der Waals surface area contributed by atoms with Crippen molar-refractivity contribution in [2.45, 2.75) is 65.5 Å². The number of nitrogens with zero attached hydrogens (tertiary/aromatic N) is 1. The molecule has 1 heterocycles. The molecule has 0 spiro atoms. The molecule has 1 aliphatic rings. The van der Waals surface area contributed by atoms with E-state index in [0.29, 0.717) is 5.92 Å². The minimum atomic E-state index is -0.0829. The zero-order valence-electron chi connectivity index (χ0n) is 13.3. The molecule has 0 unspecified atom stereocenters. The third kappa shape index (κ3) is 3.60. The lowest BCUT2D eigenvalue weighted by molar-refractivity contribution is -0.0391. The molecule has 3 nitrogen and oxygen atoms in total. The van der Waals surface area contributed by atoms with E-state index in [4.69, 9.17) is 9.72 Å². The summed E-state index contributed by atoms with van der Waals surface area (Å²) in [6.07, 6.45) is 4.79. The average molecular weight is 296 g/mol. The van der Waals surface area contributed by atoms with Gasteiger partial charge in [0.2, 0.25) is 0 Å². The quantitative estimate of drug-likeness (QED) is 0.825. The molecule has 0 aromatic carbocycles. The van der Waals surface area contributed by atoms with Crippen molar-refractivity contribution in [3.8, 4) is 0 Å². The molecule has 0 bridgehead atoms. The number of aryl methyl sites for hydroxylation is 1. The fourth-order valence-electron chi connectivity index (χ4n) is 2.90. The van der Waals surface area contributed by atoms with Gasteiger partial charge in [-0.3, -0.25) is 0 Å². The Bertz CT molecular complexity index is 422. The molecule has 1 saturated carbocycles. The third-order valence-electron chi connectivity index (χ3n) is 3.95. The van der Waals surface area contributed by atoms with E-state index in [9.17, 15) is 0 Å². The molecule has 114 valence electrons. The smallest absolute Gasteiger partial charge is 0.125 e. The molecule has 1 aliphatic carbocycles. The van der Waals surface area contributed by atoms with E-state index in [0.717, 1.165) is 32.5 Å². The summed E-state index contributed by atoms with van der Waals surface area (Å²) in [4.78, 5) is 6.20. The normalized spacial score (nSPS) is 18.1. The molecule has 0 atom stereocenters.